The van der Waals surface area contributed by atoms with Crippen LogP contribution in [-0.2, 0) is 27.3 Å². The lowest BCUT2D eigenvalue weighted by atomic mass is 10.1. The number of hydrogen-bond acceptors (Lipinski definition) is 5. The number of hydrogen-bond donors (Lipinski definition) is 1. The van der Waals surface area contributed by atoms with Crippen molar-refractivity contribution in [3.63, 3.8) is 0 Å². The van der Waals surface area contributed by atoms with Gasteiger partial charge in [-0.25, -0.2) is 4.90 Å². The normalized spacial score (nSPS) is 19.1. The van der Waals surface area contributed by atoms with Crippen molar-refractivity contribution in [2.75, 3.05) is 18.1 Å². The number of rotatable bonds is 7. The van der Waals surface area contributed by atoms with Crippen LogP contribution in [0.2, 0.25) is 5.02 Å². The number of anilines is 1. The fourth-order valence-corrected chi connectivity index (χ4v) is 5.70. The largest absolute Gasteiger partial charge is 0.376 e. The summed E-state index contributed by atoms with van der Waals surface area (Å²) in [5.41, 5.74) is 3.27. The summed E-state index contributed by atoms with van der Waals surface area (Å²) in [6.07, 6.45) is 6.47. The Morgan fingerprint density at radius 1 is 1.25 bits per heavy atom. The molecule has 3 amide bonds. The van der Waals surface area contributed by atoms with Crippen LogP contribution < -0.4 is 10.2 Å². The molecular weight excluding hydrogens is 498 g/mol. The van der Waals surface area contributed by atoms with Crippen molar-refractivity contribution < 1.29 is 19.1 Å². The van der Waals surface area contributed by atoms with E-state index in [2.05, 4.69) is 12.2 Å². The molecule has 2 aliphatic heterocycles. The van der Waals surface area contributed by atoms with Crippen LogP contribution in [0.4, 0.5) is 10.5 Å². The van der Waals surface area contributed by atoms with Crippen molar-refractivity contribution in [2.24, 2.45) is 0 Å². The molecule has 0 spiro atoms. The van der Waals surface area contributed by atoms with Gasteiger partial charge in [-0.15, -0.1) is 0 Å². The lowest BCUT2D eigenvalue weighted by Gasteiger charge is -2.12. The molecule has 0 saturated carbocycles. The zero-order valence-electron chi connectivity index (χ0n) is 19.8. The Hall–Kier alpha value is -3.07. The highest BCUT2D eigenvalue weighted by Gasteiger charge is 2.36. The quantitative estimate of drug-likeness (QED) is 0.420. The summed E-state index contributed by atoms with van der Waals surface area (Å²) in [6.45, 7) is 3.47. The van der Waals surface area contributed by atoms with Gasteiger partial charge in [-0.1, -0.05) is 42.8 Å². The Morgan fingerprint density at radius 2 is 2.08 bits per heavy atom. The van der Waals surface area contributed by atoms with Gasteiger partial charge in [-0.2, -0.15) is 0 Å². The predicted octanol–water partition coefficient (Wildman–Crippen LogP) is 5.39. The van der Waals surface area contributed by atoms with Gasteiger partial charge in [0.15, 0.2) is 0 Å². The van der Waals surface area contributed by atoms with Gasteiger partial charge < -0.3 is 14.6 Å². The number of carbonyl (C=O) groups excluding carboxylic acids is 3. The first-order chi connectivity index (χ1) is 17.4. The summed E-state index contributed by atoms with van der Waals surface area (Å²) < 4.78 is 7.52. The molecule has 2 saturated heterocycles. The molecule has 2 aliphatic rings. The zero-order valence-corrected chi connectivity index (χ0v) is 21.4. The maximum absolute atomic E-state index is 13.2. The zero-order chi connectivity index (χ0) is 25.2. The third-order valence-corrected chi connectivity index (χ3v) is 7.51. The SMILES string of the molecule is CCc1cccc2c(/C=C3\SC(=O)N(c4cccc(Cl)c4)C3=O)cn(CC(=O)NC[C@H]3CCCO3)c12. The number of ether oxygens (including phenoxy) is 1. The van der Waals surface area contributed by atoms with Crippen LogP contribution in [0.1, 0.15) is 30.9 Å². The number of thioether (sulfide) groups is 1. The molecule has 186 valence electrons. The number of halogens is 1. The Kier molecular flexibility index (Phi) is 7.18. The minimum Gasteiger partial charge on any atom is -0.376 e. The third kappa shape index (κ3) is 4.93. The minimum absolute atomic E-state index is 0.0761. The van der Waals surface area contributed by atoms with Crippen molar-refractivity contribution in [3.8, 4) is 0 Å². The number of amides is 3. The van der Waals surface area contributed by atoms with E-state index < -0.39 is 5.91 Å². The number of fused-ring (bicyclic) bond motifs is 1. The van der Waals surface area contributed by atoms with E-state index in [9.17, 15) is 14.4 Å². The maximum Gasteiger partial charge on any atom is 0.298 e. The van der Waals surface area contributed by atoms with Gasteiger partial charge >= 0.3 is 0 Å². The van der Waals surface area contributed by atoms with E-state index in [1.807, 2.05) is 29.0 Å². The van der Waals surface area contributed by atoms with Crippen LogP contribution in [-0.4, -0.2) is 40.9 Å². The molecule has 3 aromatic rings. The molecular formula is C27H26ClN3O4S. The minimum atomic E-state index is -0.394. The van der Waals surface area contributed by atoms with Crippen LogP contribution in [0.5, 0.6) is 0 Å². The van der Waals surface area contributed by atoms with E-state index in [1.165, 1.54) is 0 Å². The first-order valence-corrected chi connectivity index (χ1v) is 13.2. The predicted molar refractivity (Wildman–Crippen MR) is 143 cm³/mol. The number of imide groups is 1. The Bertz CT molecular complexity index is 1380. The van der Waals surface area contributed by atoms with Gasteiger partial charge in [0.1, 0.15) is 6.54 Å². The summed E-state index contributed by atoms with van der Waals surface area (Å²) >= 11 is 6.96. The highest BCUT2D eigenvalue weighted by molar-refractivity contribution is 8.19. The lowest BCUT2D eigenvalue weighted by Crippen LogP contribution is -2.34. The van der Waals surface area contributed by atoms with Crippen molar-refractivity contribution in [3.05, 3.63) is 69.7 Å². The van der Waals surface area contributed by atoms with Crippen molar-refractivity contribution >= 4 is 63.1 Å². The molecule has 1 N–H and O–H groups in total. The van der Waals surface area contributed by atoms with Crippen LogP contribution in [0.3, 0.4) is 0 Å². The van der Waals surface area contributed by atoms with Crippen LogP contribution >= 0.6 is 23.4 Å². The molecule has 3 heterocycles. The van der Waals surface area contributed by atoms with E-state index in [0.29, 0.717) is 22.2 Å². The second-order valence-corrected chi connectivity index (χ2v) is 10.2. The summed E-state index contributed by atoms with van der Waals surface area (Å²) in [7, 11) is 0. The summed E-state index contributed by atoms with van der Waals surface area (Å²) in [4.78, 5) is 40.1. The van der Waals surface area contributed by atoms with Gasteiger partial charge in [0.25, 0.3) is 11.1 Å². The second kappa shape index (κ2) is 10.5. The molecule has 5 rings (SSSR count). The number of aryl methyl sites for hydroxylation is 1. The van der Waals surface area contributed by atoms with E-state index in [1.54, 1.807) is 30.3 Å². The van der Waals surface area contributed by atoms with Gasteiger partial charge in [0, 0.05) is 35.3 Å². The molecule has 0 unspecified atom stereocenters. The van der Waals surface area contributed by atoms with Crippen molar-refractivity contribution in [1.29, 1.82) is 0 Å². The van der Waals surface area contributed by atoms with Crippen LogP contribution in [0, 0.1) is 0 Å². The van der Waals surface area contributed by atoms with Crippen LogP contribution in [0.15, 0.2) is 53.6 Å². The molecule has 1 atom stereocenters. The molecule has 2 aromatic carbocycles. The van der Waals surface area contributed by atoms with Crippen LogP contribution in [0.25, 0.3) is 17.0 Å². The topological polar surface area (TPSA) is 80.6 Å². The molecule has 7 nitrogen and oxygen atoms in total. The lowest BCUT2D eigenvalue weighted by molar-refractivity contribution is -0.122. The van der Waals surface area contributed by atoms with E-state index in [4.69, 9.17) is 16.3 Å². The monoisotopic (exact) mass is 523 g/mol. The van der Waals surface area contributed by atoms with Crippen molar-refractivity contribution in [2.45, 2.75) is 38.8 Å². The Labute approximate surface area is 218 Å². The number of nitrogens with zero attached hydrogens (tertiary/aromatic N) is 2. The molecule has 2 fully saturated rings. The highest BCUT2D eigenvalue weighted by Crippen LogP contribution is 2.38. The fraction of sp³-hybridized carbons (Fsp3) is 0.296. The molecule has 0 bridgehead atoms. The molecule has 9 heteroatoms. The van der Waals surface area contributed by atoms with E-state index >= 15 is 0 Å². The number of para-hydroxylation sites is 1. The van der Waals surface area contributed by atoms with Crippen molar-refractivity contribution in [1.82, 2.24) is 9.88 Å². The van der Waals surface area contributed by atoms with Gasteiger partial charge in [-0.05, 0) is 60.9 Å². The Balaban J connectivity index is 1.45. The molecule has 1 aromatic heterocycles. The highest BCUT2D eigenvalue weighted by atomic mass is 35.5. The smallest absolute Gasteiger partial charge is 0.298 e. The fourth-order valence-electron chi connectivity index (χ4n) is 4.68. The second-order valence-electron chi connectivity index (χ2n) is 8.82. The molecule has 0 aliphatic carbocycles. The summed E-state index contributed by atoms with van der Waals surface area (Å²) in [5, 5.41) is 3.98. The average molecular weight is 524 g/mol. The maximum atomic E-state index is 13.2. The molecule has 36 heavy (non-hydrogen) atoms. The standard InChI is InChI=1S/C27H26ClN3O4S/c1-2-17-6-3-10-22-18(15-30(25(17)22)16-24(32)29-14-21-9-5-11-35-21)12-23-26(33)31(27(34)36-23)20-8-4-7-19(28)13-20/h3-4,6-8,10,12-13,15,21H,2,5,9,11,14,16H2,1H3,(H,29,32)/b23-12-/t21-/m1/s1. The summed E-state index contributed by atoms with van der Waals surface area (Å²) in [6, 6.07) is 12.7. The van der Waals surface area contributed by atoms with E-state index in [0.717, 1.165) is 64.6 Å². The average Bonchev–Trinajstić information content (AvgIpc) is 3.57. The number of nitrogens with one attached hydrogen (secondary N) is 1. The number of benzene rings is 2. The number of aromatic nitrogens is 1. The third-order valence-electron chi connectivity index (χ3n) is 6.41. The number of carbonyl (C=O) groups is 3. The van der Waals surface area contributed by atoms with E-state index in [-0.39, 0.29) is 23.8 Å². The van der Waals surface area contributed by atoms with Gasteiger partial charge in [0.05, 0.1) is 22.2 Å². The first-order valence-electron chi connectivity index (χ1n) is 12.0. The van der Waals surface area contributed by atoms with Gasteiger partial charge in [0.2, 0.25) is 5.91 Å². The van der Waals surface area contributed by atoms with Gasteiger partial charge in [-0.3, -0.25) is 14.4 Å². The summed E-state index contributed by atoms with van der Waals surface area (Å²) in [5.74, 6) is -0.491. The molecule has 0 radical (unpaired) electrons. The first kappa shape index (κ1) is 24.6. The Morgan fingerprint density at radius 3 is 2.83 bits per heavy atom.